The molecule has 7 heteroatoms. The molecule has 0 aliphatic heterocycles. The summed E-state index contributed by atoms with van der Waals surface area (Å²) in [5.74, 6) is 0. The number of rotatable bonds is 2. The third-order valence-corrected chi connectivity index (χ3v) is 4.00. The molecule has 5 nitrogen and oxygen atoms in total. The van der Waals surface area contributed by atoms with Gasteiger partial charge in [-0.15, -0.1) is 0 Å². The van der Waals surface area contributed by atoms with E-state index in [1.807, 2.05) is 0 Å². The molecule has 0 radical (unpaired) electrons. The Balaban J connectivity index is 3.16. The SMILES string of the molecule is O=[AsH](O)c1ccc(S(=O)(=O)O)cc1. The van der Waals surface area contributed by atoms with Crippen LogP contribution in [-0.2, 0) is 13.9 Å². The van der Waals surface area contributed by atoms with E-state index in [-0.39, 0.29) is 9.25 Å². The van der Waals surface area contributed by atoms with Crippen LogP contribution in [0.2, 0.25) is 0 Å². The Morgan fingerprint density at radius 2 is 1.62 bits per heavy atom. The fraction of sp³-hybridized carbons (Fsp3) is 0. The van der Waals surface area contributed by atoms with E-state index in [1.54, 1.807) is 0 Å². The summed E-state index contributed by atoms with van der Waals surface area (Å²) in [6, 6.07) is 4.61. The third-order valence-electron chi connectivity index (χ3n) is 1.40. The van der Waals surface area contributed by atoms with Gasteiger partial charge in [0.15, 0.2) is 0 Å². The second kappa shape index (κ2) is 3.67. The zero-order valence-electron chi connectivity index (χ0n) is 6.34. The van der Waals surface area contributed by atoms with Gasteiger partial charge in [0.2, 0.25) is 0 Å². The first-order valence-corrected chi connectivity index (χ1v) is 7.50. The summed E-state index contributed by atoms with van der Waals surface area (Å²) >= 11 is -3.38. The van der Waals surface area contributed by atoms with Crippen molar-refractivity contribution in [2.24, 2.45) is 0 Å². The van der Waals surface area contributed by atoms with Crippen molar-refractivity contribution in [3.05, 3.63) is 24.3 Å². The molecule has 0 aliphatic rings. The van der Waals surface area contributed by atoms with Crippen molar-refractivity contribution in [1.29, 1.82) is 0 Å². The van der Waals surface area contributed by atoms with E-state index in [2.05, 4.69) is 0 Å². The molecule has 1 unspecified atom stereocenters. The molecule has 72 valence electrons. The van der Waals surface area contributed by atoms with Crippen molar-refractivity contribution in [3.63, 3.8) is 0 Å². The van der Waals surface area contributed by atoms with Crippen LogP contribution in [0.4, 0.5) is 0 Å². The Bertz CT molecular complexity index is 421. The van der Waals surface area contributed by atoms with Crippen molar-refractivity contribution >= 4 is 29.4 Å². The summed E-state index contributed by atoms with van der Waals surface area (Å²) in [6.45, 7) is 0. The fourth-order valence-electron chi connectivity index (χ4n) is 0.769. The summed E-state index contributed by atoms with van der Waals surface area (Å²) in [6.07, 6.45) is 0. The van der Waals surface area contributed by atoms with Gasteiger partial charge in [0.05, 0.1) is 0 Å². The molecular formula is C6H7AsO5S. The number of benzene rings is 1. The predicted molar refractivity (Wildman–Crippen MR) is 45.9 cm³/mol. The quantitative estimate of drug-likeness (QED) is 0.517. The minimum absolute atomic E-state index is 0.215. The molecule has 0 aromatic heterocycles. The maximum atomic E-state index is 10.6. The second-order valence-electron chi connectivity index (χ2n) is 2.30. The molecule has 13 heavy (non-hydrogen) atoms. The van der Waals surface area contributed by atoms with Crippen molar-refractivity contribution in [1.82, 2.24) is 0 Å². The average Bonchev–Trinajstić information content (AvgIpc) is 2.03. The molecule has 0 bridgehead atoms. The Morgan fingerprint density at radius 1 is 1.15 bits per heavy atom. The summed E-state index contributed by atoms with van der Waals surface area (Å²) in [5, 5.41) is 0. The van der Waals surface area contributed by atoms with Gasteiger partial charge in [-0.3, -0.25) is 0 Å². The Labute approximate surface area is 79.6 Å². The zero-order chi connectivity index (χ0) is 10.1. The minimum atomic E-state index is -4.21. The van der Waals surface area contributed by atoms with Crippen LogP contribution < -0.4 is 4.35 Å². The van der Waals surface area contributed by atoms with Gasteiger partial charge in [-0.05, 0) is 0 Å². The van der Waals surface area contributed by atoms with Gasteiger partial charge in [-0.25, -0.2) is 0 Å². The maximum absolute atomic E-state index is 10.6. The van der Waals surface area contributed by atoms with Crippen LogP contribution in [0.25, 0.3) is 0 Å². The second-order valence-corrected chi connectivity index (χ2v) is 6.22. The van der Waals surface area contributed by atoms with Gasteiger partial charge in [0.1, 0.15) is 0 Å². The van der Waals surface area contributed by atoms with Gasteiger partial charge < -0.3 is 0 Å². The molecule has 1 atom stereocenters. The normalized spacial score (nSPS) is 14.0. The van der Waals surface area contributed by atoms with Crippen LogP contribution >= 0.6 is 0 Å². The van der Waals surface area contributed by atoms with Crippen molar-refractivity contribution < 1.29 is 20.8 Å². The first-order chi connectivity index (χ1) is 5.91. The Kier molecular flexibility index (Phi) is 2.97. The van der Waals surface area contributed by atoms with Gasteiger partial charge in [-0.1, -0.05) is 0 Å². The van der Waals surface area contributed by atoms with E-state index in [0.717, 1.165) is 12.1 Å². The van der Waals surface area contributed by atoms with Gasteiger partial charge in [0.25, 0.3) is 0 Å². The van der Waals surface area contributed by atoms with Crippen LogP contribution in [0.5, 0.6) is 0 Å². The van der Waals surface area contributed by atoms with Crippen LogP contribution in [0.3, 0.4) is 0 Å². The van der Waals surface area contributed by atoms with Gasteiger partial charge >= 0.3 is 79.4 Å². The topological polar surface area (TPSA) is 91.7 Å². The van der Waals surface area contributed by atoms with E-state index in [1.165, 1.54) is 12.1 Å². The monoisotopic (exact) mass is 266 g/mol. The first-order valence-electron chi connectivity index (χ1n) is 3.22. The Hall–Kier alpha value is -0.552. The molecule has 0 fully saturated rings. The first kappa shape index (κ1) is 10.5. The fourth-order valence-corrected chi connectivity index (χ4v) is 2.20. The molecule has 0 heterocycles. The van der Waals surface area contributed by atoms with E-state index >= 15 is 0 Å². The summed E-state index contributed by atoms with van der Waals surface area (Å²) in [7, 11) is -4.21. The van der Waals surface area contributed by atoms with E-state index in [9.17, 15) is 12.2 Å². The Morgan fingerprint density at radius 3 is 1.92 bits per heavy atom. The van der Waals surface area contributed by atoms with E-state index in [4.69, 9.17) is 8.65 Å². The van der Waals surface area contributed by atoms with Crippen molar-refractivity contribution in [3.8, 4) is 0 Å². The van der Waals surface area contributed by atoms with E-state index in [0.29, 0.717) is 0 Å². The molecule has 0 aliphatic carbocycles. The van der Waals surface area contributed by atoms with Crippen LogP contribution in [0, 0.1) is 0 Å². The molecular weight excluding hydrogens is 259 g/mol. The third kappa shape index (κ3) is 2.70. The van der Waals surface area contributed by atoms with Gasteiger partial charge in [0, 0.05) is 0 Å². The molecule has 1 rings (SSSR count). The van der Waals surface area contributed by atoms with Crippen LogP contribution in [0.15, 0.2) is 29.2 Å². The molecule has 0 saturated heterocycles. The van der Waals surface area contributed by atoms with E-state index < -0.39 is 25.1 Å². The van der Waals surface area contributed by atoms with Gasteiger partial charge in [-0.2, -0.15) is 0 Å². The molecule has 2 N–H and O–H groups in total. The molecule has 1 aromatic rings. The summed E-state index contributed by atoms with van der Waals surface area (Å²) in [4.78, 5) is -0.282. The molecule has 0 spiro atoms. The van der Waals surface area contributed by atoms with Crippen molar-refractivity contribution in [2.45, 2.75) is 4.90 Å². The summed E-state index contributed by atoms with van der Waals surface area (Å²) in [5.41, 5.74) is 0. The zero-order valence-corrected chi connectivity index (χ0v) is 9.25. The molecule has 1 aromatic carbocycles. The predicted octanol–water partition coefficient (Wildman–Crippen LogP) is -1.22. The number of hydrogen-bond donors (Lipinski definition) is 2. The standard InChI is InChI=1S/C6H7AsO5S/c8-7(9)5-1-3-6(4-2-5)13(10,11)12/h1-4,7H,(H,8,9)(H,10,11,12). The van der Waals surface area contributed by atoms with Crippen LogP contribution in [-0.4, -0.2) is 32.0 Å². The molecule has 0 saturated carbocycles. The number of hydrogen-bond acceptors (Lipinski definition) is 3. The van der Waals surface area contributed by atoms with Crippen LogP contribution in [0.1, 0.15) is 0 Å². The summed E-state index contributed by atoms with van der Waals surface area (Å²) < 4.78 is 49.2. The average molecular weight is 266 g/mol. The molecule has 0 amide bonds. The van der Waals surface area contributed by atoms with Crippen molar-refractivity contribution in [2.75, 3.05) is 0 Å².